The predicted molar refractivity (Wildman–Crippen MR) is 332 cm³/mol. The SMILES string of the molecule is c1ccc(-c2ccc(N(c3ccc(-c4ccccc4)cc3)c3cc(-c4cc5c6ccccc6n(-c6ccccc6)c5c5c4sc4ccccc45)cc(N(c4ccccc4)c4cccc5sc6ccccc6c45)c3)cc2)cc1. The minimum atomic E-state index is 1.04. The number of nitrogens with zero attached hydrogens (tertiary/aromatic N) is 3. The van der Waals surface area contributed by atoms with Gasteiger partial charge in [-0.1, -0.05) is 182 Å². The van der Waals surface area contributed by atoms with Gasteiger partial charge in [0, 0.05) is 90.8 Å². The zero-order valence-corrected chi connectivity index (χ0v) is 43.4. The first-order chi connectivity index (χ1) is 38.2. The summed E-state index contributed by atoms with van der Waals surface area (Å²) in [7, 11) is 0. The molecule has 0 aliphatic heterocycles. The molecule has 0 saturated carbocycles. The molecule has 0 spiro atoms. The van der Waals surface area contributed by atoms with Crippen molar-refractivity contribution in [2.24, 2.45) is 0 Å². The number of rotatable bonds is 10. The summed E-state index contributed by atoms with van der Waals surface area (Å²) in [5.74, 6) is 0. The summed E-state index contributed by atoms with van der Waals surface area (Å²) in [6.45, 7) is 0. The summed E-state index contributed by atoms with van der Waals surface area (Å²) in [6, 6.07) is 105. The molecule has 0 radical (unpaired) electrons. The summed E-state index contributed by atoms with van der Waals surface area (Å²) < 4.78 is 7.53. The van der Waals surface area contributed by atoms with Crippen molar-refractivity contribution in [3.63, 3.8) is 0 Å². The number of thiophene rings is 2. The van der Waals surface area contributed by atoms with Crippen molar-refractivity contribution >= 4 is 119 Å². The minimum Gasteiger partial charge on any atom is -0.310 e. The molecule has 12 aromatic carbocycles. The minimum absolute atomic E-state index is 1.04. The number of fused-ring (bicyclic) bond motifs is 10. The number of benzene rings is 12. The Hall–Kier alpha value is -9.52. The van der Waals surface area contributed by atoms with Gasteiger partial charge in [-0.3, -0.25) is 0 Å². The smallest absolute Gasteiger partial charge is 0.0634 e. The molecule has 0 atom stereocenters. The number of hydrogen-bond acceptors (Lipinski definition) is 4. The van der Waals surface area contributed by atoms with Crippen molar-refractivity contribution in [3.8, 4) is 39.1 Å². The molecule has 77 heavy (non-hydrogen) atoms. The molecule has 3 heterocycles. The highest BCUT2D eigenvalue weighted by Gasteiger charge is 2.26. The van der Waals surface area contributed by atoms with Crippen LogP contribution in [0.5, 0.6) is 0 Å². The Labute approximate surface area is 454 Å². The number of para-hydroxylation sites is 3. The predicted octanol–water partition coefficient (Wildman–Crippen LogP) is 21.5. The van der Waals surface area contributed by atoms with E-state index in [2.05, 4.69) is 299 Å². The maximum absolute atomic E-state index is 2.49. The van der Waals surface area contributed by atoms with Crippen LogP contribution in [0.3, 0.4) is 0 Å². The lowest BCUT2D eigenvalue weighted by Gasteiger charge is -2.31. The van der Waals surface area contributed by atoms with Crippen LogP contribution < -0.4 is 9.80 Å². The standard InChI is InChI=1S/C72H47N3S2/c1-5-20-48(21-6-1)50-36-40-55(41-37-50)73(56-42-38-51(39-43-56)49-22-7-2-8-23-49)57-44-52(45-58(46-57)74(53-24-9-3-10-25-53)65-32-19-35-68-69(65)60-29-14-17-33-66(60)76-68)62-47-63-59-28-13-16-31-64(59)75(54-26-11-4-12-27-54)71(63)70-61-30-15-18-34-67(61)77-72(62)70/h1-47H. The molecule has 0 N–H and O–H groups in total. The Morgan fingerprint density at radius 2 is 0.766 bits per heavy atom. The van der Waals surface area contributed by atoms with Gasteiger partial charge >= 0.3 is 0 Å². The normalized spacial score (nSPS) is 11.6. The van der Waals surface area contributed by atoms with Gasteiger partial charge in [0.2, 0.25) is 0 Å². The summed E-state index contributed by atoms with van der Waals surface area (Å²) >= 11 is 3.75. The first-order valence-corrected chi connectivity index (χ1v) is 27.8. The second-order valence-electron chi connectivity index (χ2n) is 19.6. The van der Waals surface area contributed by atoms with Gasteiger partial charge in [0.25, 0.3) is 0 Å². The molecule has 15 aromatic rings. The molecule has 0 fully saturated rings. The fourth-order valence-corrected chi connectivity index (χ4v) is 14.0. The highest BCUT2D eigenvalue weighted by molar-refractivity contribution is 7.26. The van der Waals surface area contributed by atoms with Crippen LogP contribution in [0.25, 0.3) is 101 Å². The molecule has 3 aromatic heterocycles. The van der Waals surface area contributed by atoms with Gasteiger partial charge in [-0.25, -0.2) is 0 Å². The van der Waals surface area contributed by atoms with Crippen LogP contribution in [0.4, 0.5) is 34.1 Å². The fraction of sp³-hybridized carbons (Fsp3) is 0. The maximum atomic E-state index is 2.49. The third kappa shape index (κ3) is 7.70. The van der Waals surface area contributed by atoms with Gasteiger partial charge in [0.1, 0.15) is 0 Å². The van der Waals surface area contributed by atoms with E-state index in [1.54, 1.807) is 0 Å². The highest BCUT2D eigenvalue weighted by Crippen LogP contribution is 2.52. The van der Waals surface area contributed by atoms with Crippen molar-refractivity contribution in [1.82, 2.24) is 4.57 Å². The zero-order chi connectivity index (χ0) is 50.8. The number of hydrogen-bond donors (Lipinski definition) is 0. The molecule has 3 nitrogen and oxygen atoms in total. The number of anilines is 6. The van der Waals surface area contributed by atoms with Gasteiger partial charge in [0.05, 0.1) is 16.7 Å². The van der Waals surface area contributed by atoms with E-state index in [1.807, 2.05) is 22.7 Å². The lowest BCUT2D eigenvalue weighted by Crippen LogP contribution is -2.14. The molecule has 0 saturated heterocycles. The maximum Gasteiger partial charge on any atom is 0.0634 e. The van der Waals surface area contributed by atoms with Crippen LogP contribution in [0.2, 0.25) is 0 Å². The van der Waals surface area contributed by atoms with Gasteiger partial charge in [-0.2, -0.15) is 0 Å². The Kier molecular flexibility index (Phi) is 10.9. The second-order valence-corrected chi connectivity index (χ2v) is 21.8. The Bertz CT molecular complexity index is 4570. The van der Waals surface area contributed by atoms with Crippen LogP contribution in [-0.4, -0.2) is 4.57 Å². The average Bonchev–Trinajstić information content (AvgIpc) is 4.40. The van der Waals surface area contributed by atoms with Gasteiger partial charge < -0.3 is 14.4 Å². The fourth-order valence-electron chi connectivity index (χ4n) is 11.7. The van der Waals surface area contributed by atoms with Crippen molar-refractivity contribution in [3.05, 3.63) is 285 Å². The Balaban J connectivity index is 1.05. The molecule has 0 unspecified atom stereocenters. The van der Waals surface area contributed by atoms with E-state index in [1.165, 1.54) is 90.0 Å². The summed E-state index contributed by atoms with van der Waals surface area (Å²) in [5.41, 5.74) is 17.0. The largest absolute Gasteiger partial charge is 0.310 e. The Morgan fingerprint density at radius 1 is 0.286 bits per heavy atom. The van der Waals surface area contributed by atoms with Crippen LogP contribution >= 0.6 is 22.7 Å². The highest BCUT2D eigenvalue weighted by atomic mass is 32.1. The van der Waals surface area contributed by atoms with Crippen molar-refractivity contribution in [1.29, 1.82) is 0 Å². The molecule has 0 aliphatic carbocycles. The van der Waals surface area contributed by atoms with Crippen molar-refractivity contribution in [2.75, 3.05) is 9.80 Å². The first-order valence-electron chi connectivity index (χ1n) is 26.1. The van der Waals surface area contributed by atoms with Gasteiger partial charge in [-0.05, 0) is 131 Å². The van der Waals surface area contributed by atoms with E-state index in [-0.39, 0.29) is 0 Å². The van der Waals surface area contributed by atoms with E-state index < -0.39 is 0 Å². The van der Waals surface area contributed by atoms with Gasteiger partial charge in [-0.15, -0.1) is 22.7 Å². The first kappa shape index (κ1) is 44.9. The van der Waals surface area contributed by atoms with Crippen LogP contribution in [-0.2, 0) is 0 Å². The lowest BCUT2D eigenvalue weighted by molar-refractivity contribution is 1.19. The topological polar surface area (TPSA) is 11.4 Å². The van der Waals surface area contributed by atoms with E-state index in [0.29, 0.717) is 0 Å². The quantitative estimate of drug-likeness (QED) is 0.135. The Morgan fingerprint density at radius 3 is 1.40 bits per heavy atom. The van der Waals surface area contributed by atoms with Crippen molar-refractivity contribution < 1.29 is 0 Å². The average molecular weight is 1020 g/mol. The second kappa shape index (κ2) is 18.7. The monoisotopic (exact) mass is 1020 g/mol. The zero-order valence-electron chi connectivity index (χ0n) is 41.8. The summed E-state index contributed by atoms with van der Waals surface area (Å²) in [4.78, 5) is 4.94. The molecule has 5 heteroatoms. The molecule has 362 valence electrons. The van der Waals surface area contributed by atoms with E-state index in [0.717, 1.165) is 45.4 Å². The van der Waals surface area contributed by atoms with Gasteiger partial charge in [0.15, 0.2) is 0 Å². The molecule has 0 amide bonds. The summed E-state index contributed by atoms with van der Waals surface area (Å²) in [6.07, 6.45) is 0. The molecule has 0 aliphatic rings. The molecule has 0 bridgehead atoms. The van der Waals surface area contributed by atoms with Crippen LogP contribution in [0.1, 0.15) is 0 Å². The third-order valence-corrected chi connectivity index (χ3v) is 17.5. The molecule has 15 rings (SSSR count). The van der Waals surface area contributed by atoms with E-state index >= 15 is 0 Å². The molecular weight excluding hydrogens is 971 g/mol. The van der Waals surface area contributed by atoms with E-state index in [4.69, 9.17) is 0 Å². The van der Waals surface area contributed by atoms with E-state index in [9.17, 15) is 0 Å². The van der Waals surface area contributed by atoms with Crippen LogP contribution in [0, 0.1) is 0 Å². The lowest BCUT2D eigenvalue weighted by atomic mass is 9.96. The molecular formula is C72H47N3S2. The summed E-state index contributed by atoms with van der Waals surface area (Å²) in [5, 5.41) is 7.48. The third-order valence-electron chi connectivity index (χ3n) is 15.1. The van der Waals surface area contributed by atoms with Crippen molar-refractivity contribution in [2.45, 2.75) is 0 Å². The van der Waals surface area contributed by atoms with Crippen LogP contribution in [0.15, 0.2) is 285 Å². The number of aromatic nitrogens is 1.